The maximum atomic E-state index is 12.2. The Balaban J connectivity index is 0.00000338. The zero-order valence-electron chi connectivity index (χ0n) is 16.5. The van der Waals surface area contributed by atoms with Gasteiger partial charge in [0.05, 0.1) is 13.2 Å². The van der Waals surface area contributed by atoms with E-state index in [0.29, 0.717) is 12.0 Å². The van der Waals surface area contributed by atoms with Gasteiger partial charge in [-0.1, -0.05) is 13.8 Å². The molecule has 0 spiro atoms. The van der Waals surface area contributed by atoms with Crippen LogP contribution in [0.4, 0.5) is 0 Å². The Kier molecular flexibility index (Phi) is 11.5. The summed E-state index contributed by atoms with van der Waals surface area (Å²) in [4.78, 5) is 21.1. The van der Waals surface area contributed by atoms with Crippen LogP contribution < -0.4 is 10.6 Å². The van der Waals surface area contributed by atoms with Gasteiger partial charge in [-0.2, -0.15) is 0 Å². The van der Waals surface area contributed by atoms with Crippen LogP contribution in [0, 0.1) is 5.92 Å². The Morgan fingerprint density at radius 1 is 1.12 bits per heavy atom. The van der Waals surface area contributed by atoms with Gasteiger partial charge in [0.2, 0.25) is 5.91 Å². The Morgan fingerprint density at radius 2 is 1.77 bits per heavy atom. The van der Waals surface area contributed by atoms with Crippen LogP contribution in [-0.4, -0.2) is 86.7 Å². The quantitative estimate of drug-likeness (QED) is 0.324. The summed E-state index contributed by atoms with van der Waals surface area (Å²) >= 11 is 0. The molecule has 0 saturated carbocycles. The summed E-state index contributed by atoms with van der Waals surface area (Å²) < 4.78 is 5.47. The van der Waals surface area contributed by atoms with Crippen molar-refractivity contribution >= 4 is 35.8 Å². The zero-order valence-corrected chi connectivity index (χ0v) is 18.8. The fraction of sp³-hybridized carbons (Fsp3) is 0.889. The number of rotatable bonds is 7. The summed E-state index contributed by atoms with van der Waals surface area (Å²) in [6.07, 6.45) is 2.23. The van der Waals surface area contributed by atoms with Crippen molar-refractivity contribution in [2.75, 3.05) is 59.0 Å². The number of nitrogens with one attached hydrogen (secondary N) is 2. The number of carbonyl (C=O) groups is 1. The van der Waals surface area contributed by atoms with Gasteiger partial charge in [-0.15, -0.1) is 24.0 Å². The third-order valence-corrected chi connectivity index (χ3v) is 4.94. The van der Waals surface area contributed by atoms with Gasteiger partial charge in [0, 0.05) is 45.3 Å². The number of guanidine groups is 1. The van der Waals surface area contributed by atoms with E-state index in [0.717, 1.165) is 71.3 Å². The SMILES string of the molecule is CCNC(=NCC(=O)N1CCCC1)NCC(C(C)C)N1CCOCC1.I. The van der Waals surface area contributed by atoms with Crippen molar-refractivity contribution in [2.45, 2.75) is 39.7 Å². The number of likely N-dealkylation sites (tertiary alicyclic amines) is 1. The monoisotopic (exact) mass is 481 g/mol. The molecule has 2 heterocycles. The highest BCUT2D eigenvalue weighted by Gasteiger charge is 2.24. The molecule has 2 N–H and O–H groups in total. The van der Waals surface area contributed by atoms with E-state index in [1.165, 1.54) is 0 Å². The van der Waals surface area contributed by atoms with Crippen LogP contribution in [0.2, 0.25) is 0 Å². The minimum Gasteiger partial charge on any atom is -0.379 e. The molecule has 0 aliphatic carbocycles. The molecular weight excluding hydrogens is 445 g/mol. The fourth-order valence-corrected chi connectivity index (χ4v) is 3.45. The van der Waals surface area contributed by atoms with Gasteiger partial charge in [0.1, 0.15) is 6.54 Å². The van der Waals surface area contributed by atoms with E-state index in [4.69, 9.17) is 4.74 Å². The molecule has 7 nitrogen and oxygen atoms in total. The molecular formula is C18H36IN5O2. The van der Waals surface area contributed by atoms with Gasteiger partial charge < -0.3 is 20.3 Å². The summed E-state index contributed by atoms with van der Waals surface area (Å²) in [5.74, 6) is 1.40. The number of hydrogen-bond donors (Lipinski definition) is 2. The molecule has 0 aromatic carbocycles. The number of carbonyl (C=O) groups excluding carboxylic acids is 1. The molecule has 0 aromatic rings. The van der Waals surface area contributed by atoms with Crippen LogP contribution >= 0.6 is 24.0 Å². The van der Waals surface area contributed by atoms with Crippen LogP contribution in [-0.2, 0) is 9.53 Å². The van der Waals surface area contributed by atoms with E-state index >= 15 is 0 Å². The zero-order chi connectivity index (χ0) is 18.1. The maximum Gasteiger partial charge on any atom is 0.244 e. The minimum atomic E-state index is 0. The first-order valence-corrected chi connectivity index (χ1v) is 9.73. The molecule has 2 saturated heterocycles. The lowest BCUT2D eigenvalue weighted by Crippen LogP contribution is -2.52. The number of halogens is 1. The minimum absolute atomic E-state index is 0. The first-order valence-electron chi connectivity index (χ1n) is 9.73. The largest absolute Gasteiger partial charge is 0.379 e. The molecule has 2 aliphatic heterocycles. The number of nitrogens with zero attached hydrogens (tertiary/aromatic N) is 3. The van der Waals surface area contributed by atoms with Gasteiger partial charge in [-0.25, -0.2) is 4.99 Å². The van der Waals surface area contributed by atoms with Crippen molar-refractivity contribution < 1.29 is 9.53 Å². The highest BCUT2D eigenvalue weighted by Crippen LogP contribution is 2.12. The molecule has 2 rings (SSSR count). The predicted octanol–water partition coefficient (Wildman–Crippen LogP) is 1.14. The van der Waals surface area contributed by atoms with Crippen LogP contribution in [0.25, 0.3) is 0 Å². The van der Waals surface area contributed by atoms with Crippen molar-refractivity contribution in [3.05, 3.63) is 0 Å². The van der Waals surface area contributed by atoms with Gasteiger partial charge >= 0.3 is 0 Å². The molecule has 1 unspecified atom stereocenters. The van der Waals surface area contributed by atoms with E-state index in [1.807, 2.05) is 11.8 Å². The summed E-state index contributed by atoms with van der Waals surface area (Å²) in [5.41, 5.74) is 0. The second-order valence-electron chi connectivity index (χ2n) is 7.12. The first-order chi connectivity index (χ1) is 12.1. The lowest BCUT2D eigenvalue weighted by Gasteiger charge is -2.37. The van der Waals surface area contributed by atoms with E-state index in [-0.39, 0.29) is 36.4 Å². The van der Waals surface area contributed by atoms with Crippen LogP contribution in [0.3, 0.4) is 0 Å². The molecule has 2 aliphatic rings. The molecule has 152 valence electrons. The summed E-state index contributed by atoms with van der Waals surface area (Å²) in [7, 11) is 0. The van der Waals surface area contributed by atoms with E-state index in [2.05, 4.69) is 34.4 Å². The van der Waals surface area contributed by atoms with Crippen molar-refractivity contribution in [1.82, 2.24) is 20.4 Å². The Hall–Kier alpha value is -0.610. The number of hydrogen-bond acceptors (Lipinski definition) is 4. The maximum absolute atomic E-state index is 12.2. The average molecular weight is 481 g/mol. The van der Waals surface area contributed by atoms with Crippen molar-refractivity contribution in [3.8, 4) is 0 Å². The molecule has 0 radical (unpaired) electrons. The molecule has 26 heavy (non-hydrogen) atoms. The van der Waals surface area contributed by atoms with Crippen molar-refractivity contribution in [3.63, 3.8) is 0 Å². The second-order valence-corrected chi connectivity index (χ2v) is 7.12. The van der Waals surface area contributed by atoms with Crippen molar-refractivity contribution in [2.24, 2.45) is 10.9 Å². The second kappa shape index (κ2) is 12.7. The number of ether oxygens (including phenoxy) is 1. The number of aliphatic imine (C=N–C) groups is 1. The molecule has 8 heteroatoms. The van der Waals surface area contributed by atoms with Crippen LogP contribution in [0.15, 0.2) is 4.99 Å². The molecule has 1 atom stereocenters. The highest BCUT2D eigenvalue weighted by atomic mass is 127. The summed E-state index contributed by atoms with van der Waals surface area (Å²) in [6.45, 7) is 13.7. The molecule has 0 aromatic heterocycles. The third kappa shape index (κ3) is 7.56. The normalized spacial score (nSPS) is 20.0. The van der Waals surface area contributed by atoms with Gasteiger partial charge in [0.15, 0.2) is 5.96 Å². The highest BCUT2D eigenvalue weighted by molar-refractivity contribution is 14.0. The van der Waals surface area contributed by atoms with Crippen LogP contribution in [0.1, 0.15) is 33.6 Å². The smallest absolute Gasteiger partial charge is 0.244 e. The summed E-state index contributed by atoms with van der Waals surface area (Å²) in [5, 5.41) is 6.68. The summed E-state index contributed by atoms with van der Waals surface area (Å²) in [6, 6.07) is 0.432. The predicted molar refractivity (Wildman–Crippen MR) is 116 cm³/mol. The van der Waals surface area contributed by atoms with Crippen molar-refractivity contribution in [1.29, 1.82) is 0 Å². The standard InChI is InChI=1S/C18H35N5O2.HI/c1-4-19-18(21-14-17(24)23-7-5-6-8-23)20-13-16(15(2)3)22-9-11-25-12-10-22;/h15-16H,4-14H2,1-3H3,(H2,19,20,21);1H. The number of morpholine rings is 1. The van der Waals surface area contributed by atoms with E-state index in [1.54, 1.807) is 0 Å². The van der Waals surface area contributed by atoms with Gasteiger partial charge in [-0.3, -0.25) is 9.69 Å². The number of amides is 1. The lowest BCUT2D eigenvalue weighted by molar-refractivity contribution is -0.128. The topological polar surface area (TPSA) is 69.2 Å². The Bertz CT molecular complexity index is 435. The molecule has 0 bridgehead atoms. The molecule has 2 fully saturated rings. The van der Waals surface area contributed by atoms with Crippen LogP contribution in [0.5, 0.6) is 0 Å². The Morgan fingerprint density at radius 3 is 2.35 bits per heavy atom. The average Bonchev–Trinajstić information content (AvgIpc) is 3.15. The third-order valence-electron chi connectivity index (χ3n) is 4.94. The Labute approximate surface area is 175 Å². The van der Waals surface area contributed by atoms with Gasteiger partial charge in [-0.05, 0) is 25.7 Å². The van der Waals surface area contributed by atoms with E-state index in [9.17, 15) is 4.79 Å². The lowest BCUT2D eigenvalue weighted by atomic mass is 10.0. The van der Waals surface area contributed by atoms with E-state index < -0.39 is 0 Å². The first kappa shape index (κ1) is 23.4. The molecule has 1 amide bonds. The van der Waals surface area contributed by atoms with Gasteiger partial charge in [0.25, 0.3) is 0 Å². The fourth-order valence-electron chi connectivity index (χ4n) is 3.45.